The molecule has 11 heterocycles. The Kier molecular flexibility index (Phi) is 15.6. The normalized spacial score (nSPS) is 20.3. The zero-order valence-corrected chi connectivity index (χ0v) is 47.9. The number of nitrogen functional groups attached to an aromatic ring is 1. The van der Waals surface area contributed by atoms with Crippen molar-refractivity contribution in [2.24, 2.45) is 5.92 Å². The van der Waals surface area contributed by atoms with Gasteiger partial charge in [0.05, 0.1) is 41.3 Å². The maximum Gasteiger partial charge on any atom is 0.264 e. The van der Waals surface area contributed by atoms with Crippen molar-refractivity contribution >= 4 is 57.8 Å². The second-order valence-electron chi connectivity index (χ2n) is 23.3. The number of hydrogen-bond donors (Lipinski definition) is 4. The molecule has 4 amide bonds. The second kappa shape index (κ2) is 23.9. The Labute approximate surface area is 496 Å². The lowest BCUT2D eigenvalue weighted by Crippen LogP contribution is -2.55. The fourth-order valence-electron chi connectivity index (χ4n) is 13.4. The van der Waals surface area contributed by atoms with E-state index >= 15 is 8.78 Å². The average Bonchev–Trinajstić information content (AvgIpc) is 1.69. The molecule has 444 valence electrons. The number of rotatable bonds is 12. The number of likely N-dealkylation sites (tertiary alicyclic amines) is 2. The van der Waals surface area contributed by atoms with Gasteiger partial charge in [-0.3, -0.25) is 43.1 Å². The number of nitrogens with two attached hydrogens (primary N) is 1. The Morgan fingerprint density at radius 1 is 0.791 bits per heavy atom. The van der Waals surface area contributed by atoms with E-state index in [0.717, 1.165) is 105 Å². The molecule has 23 heteroatoms. The van der Waals surface area contributed by atoms with Gasteiger partial charge in [-0.15, -0.1) is 0 Å². The summed E-state index contributed by atoms with van der Waals surface area (Å²) in [5.74, 6) is 5.82. The number of carbonyl (C=O) groups is 4. The molecule has 6 aliphatic heterocycles. The molecule has 86 heavy (non-hydrogen) atoms. The molecule has 2 aromatic carbocycles. The van der Waals surface area contributed by atoms with Crippen molar-refractivity contribution in [3.8, 4) is 28.8 Å². The summed E-state index contributed by atoms with van der Waals surface area (Å²) in [5.41, 5.74) is 11.5. The van der Waals surface area contributed by atoms with Crippen molar-refractivity contribution in [1.82, 2.24) is 59.2 Å². The van der Waals surface area contributed by atoms with E-state index < -0.39 is 41.6 Å². The zero-order chi connectivity index (χ0) is 59.2. The third-order valence-electron chi connectivity index (χ3n) is 18.0. The van der Waals surface area contributed by atoms with Crippen LogP contribution >= 0.6 is 0 Å². The van der Waals surface area contributed by atoms with Crippen molar-refractivity contribution in [3.05, 3.63) is 131 Å². The van der Waals surface area contributed by atoms with Crippen LogP contribution in [0.1, 0.15) is 95.1 Å². The van der Waals surface area contributed by atoms with Crippen LogP contribution in [0.5, 0.6) is 0 Å². The van der Waals surface area contributed by atoms with Gasteiger partial charge in [0.1, 0.15) is 40.9 Å². The number of nitrogens with one attached hydrogen (secondary N) is 2. The third-order valence-corrected chi connectivity index (χ3v) is 18.0. The number of imidazole rings is 1. The number of nitrogens with zero attached hydrogens (tertiary/aromatic N) is 13. The maximum absolute atomic E-state index is 16.0. The molecule has 2 atom stereocenters. The van der Waals surface area contributed by atoms with E-state index in [1.165, 1.54) is 12.1 Å². The van der Waals surface area contributed by atoms with Gasteiger partial charge in [0, 0.05) is 137 Å². The highest BCUT2D eigenvalue weighted by Gasteiger charge is 2.46. The van der Waals surface area contributed by atoms with Crippen LogP contribution in [0.3, 0.4) is 0 Å². The van der Waals surface area contributed by atoms with Crippen LogP contribution in [-0.2, 0) is 16.1 Å². The van der Waals surface area contributed by atoms with Gasteiger partial charge in [0.25, 0.3) is 11.8 Å². The predicted molar refractivity (Wildman–Crippen MR) is 319 cm³/mol. The number of aromatic nitrogens is 7. The number of halogens is 2. The molecule has 0 bridgehead atoms. The summed E-state index contributed by atoms with van der Waals surface area (Å²) in [6.07, 6.45) is 11.8. The molecule has 2 unspecified atom stereocenters. The monoisotopic (exact) mass is 1170 g/mol. The summed E-state index contributed by atoms with van der Waals surface area (Å²) >= 11 is 0. The number of imide groups is 1. The number of anilines is 4. The lowest BCUT2D eigenvalue weighted by molar-refractivity contribution is -0.137. The van der Waals surface area contributed by atoms with Crippen LogP contribution in [0.2, 0.25) is 0 Å². The molecule has 6 aliphatic rings. The summed E-state index contributed by atoms with van der Waals surface area (Å²) in [6, 6.07) is 18.6. The van der Waals surface area contributed by atoms with E-state index in [0.29, 0.717) is 85.2 Å². The van der Waals surface area contributed by atoms with Gasteiger partial charge in [-0.05, 0) is 107 Å². The number of amides is 4. The van der Waals surface area contributed by atoms with Gasteiger partial charge in [0.2, 0.25) is 11.8 Å². The zero-order valence-electron chi connectivity index (χ0n) is 47.9. The Morgan fingerprint density at radius 2 is 1.56 bits per heavy atom. The number of piperazine rings is 1. The quantitative estimate of drug-likeness (QED) is 0.0841. The minimum Gasteiger partial charge on any atom is -0.384 e. The Bertz CT molecular complexity index is 3770. The van der Waals surface area contributed by atoms with Gasteiger partial charge in [0.15, 0.2) is 17.3 Å². The van der Waals surface area contributed by atoms with E-state index in [1.807, 2.05) is 57.2 Å². The molecular formula is C63H68F2N16O5. The highest BCUT2D eigenvalue weighted by atomic mass is 19.1. The van der Waals surface area contributed by atoms with Crippen molar-refractivity contribution in [2.75, 3.05) is 92.8 Å². The number of fused-ring (bicyclic) bond motifs is 2. The molecule has 21 nitrogen and oxygen atoms in total. The lowest BCUT2D eigenvalue weighted by Gasteiger charge is -2.43. The molecule has 5 saturated heterocycles. The van der Waals surface area contributed by atoms with Gasteiger partial charge in [-0.2, -0.15) is 5.10 Å². The van der Waals surface area contributed by atoms with Gasteiger partial charge < -0.3 is 36.2 Å². The van der Waals surface area contributed by atoms with Gasteiger partial charge in [-0.1, -0.05) is 17.9 Å². The highest BCUT2D eigenvalue weighted by Crippen LogP contribution is 2.35. The highest BCUT2D eigenvalue weighted by molar-refractivity contribution is 6.25. The lowest BCUT2D eigenvalue weighted by atomic mass is 9.93. The maximum atomic E-state index is 16.0. The van der Waals surface area contributed by atoms with Crippen molar-refractivity contribution in [1.29, 1.82) is 0 Å². The smallest absolute Gasteiger partial charge is 0.264 e. The topological polar surface area (TPSA) is 232 Å². The van der Waals surface area contributed by atoms with Crippen molar-refractivity contribution in [2.45, 2.75) is 89.2 Å². The summed E-state index contributed by atoms with van der Waals surface area (Å²) in [7, 11) is 0. The predicted octanol–water partition coefficient (Wildman–Crippen LogP) is 5.77. The number of benzene rings is 2. The van der Waals surface area contributed by atoms with Crippen LogP contribution in [0.4, 0.5) is 31.8 Å². The van der Waals surface area contributed by atoms with E-state index in [9.17, 15) is 24.3 Å². The number of hydrogen-bond acceptors (Lipinski definition) is 16. The van der Waals surface area contributed by atoms with Crippen LogP contribution in [0.25, 0.3) is 28.1 Å². The summed E-state index contributed by atoms with van der Waals surface area (Å²) < 4.78 is 35.7. The molecule has 7 aromatic rings. The molecule has 0 saturated carbocycles. The minimum atomic E-state index is -0.996. The first-order chi connectivity index (χ1) is 41.8. The molecule has 5 N–H and O–H groups in total. The SMILES string of the molecule is Cc1nc2ccc(-c3ccnc(N)c3)nc2n1-c1cc(F)c(N2CCN(C3CCN(CC#Cc4ccc(N5CCC(C(=O)N6CCC(n7cc(CNc8cccc9c8C(=O)N(C8CCC(O)NC8=O)C9=O)cn7)CC6)CC5)nc4)CC3)CC2)c(F)c1. The van der Waals surface area contributed by atoms with E-state index in [4.69, 9.17) is 15.7 Å². The van der Waals surface area contributed by atoms with Crippen LogP contribution in [0.15, 0.2) is 91.5 Å². The Morgan fingerprint density at radius 3 is 2.29 bits per heavy atom. The molecule has 5 fully saturated rings. The largest absolute Gasteiger partial charge is 0.384 e. The molecular weight excluding hydrogens is 1100 g/mol. The number of aliphatic hydroxyl groups is 1. The molecule has 0 aliphatic carbocycles. The molecule has 0 spiro atoms. The fourth-order valence-corrected chi connectivity index (χ4v) is 13.4. The first-order valence-corrected chi connectivity index (χ1v) is 29.8. The Hall–Kier alpha value is -8.85. The van der Waals surface area contributed by atoms with E-state index in [-0.39, 0.29) is 47.5 Å². The third kappa shape index (κ3) is 11.3. The minimum absolute atomic E-state index is 0.00608. The van der Waals surface area contributed by atoms with Crippen molar-refractivity contribution < 1.29 is 33.1 Å². The second-order valence-corrected chi connectivity index (χ2v) is 23.3. The molecule has 13 rings (SSSR count). The first kappa shape index (κ1) is 56.3. The van der Waals surface area contributed by atoms with Gasteiger partial charge in [-0.25, -0.2) is 28.7 Å². The van der Waals surface area contributed by atoms with Gasteiger partial charge >= 0.3 is 0 Å². The average molecular weight is 1170 g/mol. The first-order valence-electron chi connectivity index (χ1n) is 29.8. The summed E-state index contributed by atoms with van der Waals surface area (Å²) in [6.45, 7) is 9.97. The number of aryl methyl sites for hydroxylation is 1. The van der Waals surface area contributed by atoms with E-state index in [2.05, 4.69) is 52.2 Å². The van der Waals surface area contributed by atoms with Crippen LogP contribution in [-0.4, -0.2) is 173 Å². The number of aliphatic hydroxyl groups excluding tert-OH is 1. The summed E-state index contributed by atoms with van der Waals surface area (Å²) in [5, 5.41) is 20.2. The number of carbonyl (C=O) groups excluding carboxylic acids is 4. The van der Waals surface area contributed by atoms with Crippen LogP contribution in [0, 0.1) is 36.3 Å². The Balaban J connectivity index is 0.523. The fraction of sp³-hybridized carbons (Fsp3) is 0.413. The number of piperidine rings is 4. The van der Waals surface area contributed by atoms with Crippen molar-refractivity contribution in [3.63, 3.8) is 0 Å². The van der Waals surface area contributed by atoms with E-state index in [1.54, 1.807) is 48.1 Å². The standard InChI is InChI=1S/C63H68F2N16O5/c1-39-71-52-9-8-50(43-13-20-67-54(66)32-43)72-59(52)80(39)46-33-48(64)58(49(65)34-46)77-30-28-75(29-31-77)44-16-22-74(23-17-44)21-3-4-40-7-11-55(69-35-40)76-24-14-42(15-25-76)61(84)78-26-18-45(19-27-78)79-38-41(37-70-79)36-68-51-6-2-5-47-57(51)63(86)81(62(47)85)53-10-12-56(82)73-60(53)83/h2,5-9,11,13,20,32-35,37-38,42,44-45,53,56,68,82H,10,12,14-19,21-31,36H2,1H3,(H2,66,67)(H,73,83). The molecule has 0 radical (unpaired) electrons. The van der Waals surface area contributed by atoms with Crippen LogP contribution < -0.4 is 26.2 Å². The number of pyridine rings is 3. The molecule has 5 aromatic heterocycles. The summed E-state index contributed by atoms with van der Waals surface area (Å²) in [4.78, 5) is 83.5.